The minimum absolute atomic E-state index is 0.665. The van der Waals surface area contributed by atoms with Gasteiger partial charge in [-0.15, -0.1) is 0 Å². The van der Waals surface area contributed by atoms with Gasteiger partial charge in [0.1, 0.15) is 0 Å². The van der Waals surface area contributed by atoms with E-state index in [4.69, 9.17) is 0 Å². The fourth-order valence-electron chi connectivity index (χ4n) is 9.76. The molecule has 0 N–H and O–H groups in total. The smallest absolute Gasteiger partial charge is 0.0463 e. The Bertz CT molecular complexity index is 2480. The van der Waals surface area contributed by atoms with Crippen LogP contribution in [0.5, 0.6) is 0 Å². The third-order valence-electron chi connectivity index (χ3n) is 12.9. The molecule has 0 bridgehead atoms. The van der Waals surface area contributed by atoms with Crippen LogP contribution >= 0.6 is 0 Å². The van der Waals surface area contributed by atoms with Gasteiger partial charge >= 0.3 is 0 Å². The van der Waals surface area contributed by atoms with E-state index in [0.29, 0.717) is 11.8 Å². The maximum absolute atomic E-state index is 2.54. The summed E-state index contributed by atoms with van der Waals surface area (Å²) in [4.78, 5) is 9.62. The molecule has 0 aromatic heterocycles. The van der Waals surface area contributed by atoms with Gasteiger partial charge in [-0.05, 0) is 172 Å². The number of hydrogen-bond acceptors (Lipinski definition) is 4. The molecule has 0 saturated heterocycles. The first kappa shape index (κ1) is 40.5. The molecule has 0 fully saturated rings. The number of rotatable bonds is 13. The van der Waals surface area contributed by atoms with Gasteiger partial charge in [-0.2, -0.15) is 0 Å². The summed E-state index contributed by atoms with van der Waals surface area (Å²) in [6, 6.07) is 82.5. The molecule has 4 nitrogen and oxygen atoms in total. The zero-order valence-corrected chi connectivity index (χ0v) is 36.3. The molecule has 8 aromatic carbocycles. The maximum atomic E-state index is 2.54. The van der Waals surface area contributed by atoms with E-state index in [1.807, 2.05) is 0 Å². The average molecular weight is 831 g/mol. The molecule has 0 aliphatic heterocycles. The van der Waals surface area contributed by atoms with Crippen LogP contribution in [0.4, 0.5) is 56.9 Å². The fraction of sp³-hybridized carbons (Fsp3) is 0.133. The van der Waals surface area contributed by atoms with E-state index in [-0.39, 0.29) is 0 Å². The van der Waals surface area contributed by atoms with Crippen molar-refractivity contribution in [1.29, 1.82) is 0 Å². The highest BCUT2D eigenvalue weighted by Crippen LogP contribution is 2.45. The van der Waals surface area contributed by atoms with Crippen LogP contribution in [-0.4, -0.2) is 0 Å². The van der Waals surface area contributed by atoms with E-state index < -0.39 is 0 Å². The molecule has 10 rings (SSSR count). The molecular formula is C60H54N4. The van der Waals surface area contributed by atoms with Crippen LogP contribution < -0.4 is 19.6 Å². The van der Waals surface area contributed by atoms with Gasteiger partial charge in [-0.25, -0.2) is 0 Å². The Balaban J connectivity index is 0.873. The first-order valence-electron chi connectivity index (χ1n) is 22.9. The number of anilines is 10. The molecule has 0 radical (unpaired) electrons. The van der Waals surface area contributed by atoms with Crippen molar-refractivity contribution >= 4 is 56.9 Å². The van der Waals surface area contributed by atoms with Crippen molar-refractivity contribution in [1.82, 2.24) is 0 Å². The molecule has 2 aliphatic carbocycles. The number of allylic oxidation sites excluding steroid dienone is 4. The predicted octanol–water partition coefficient (Wildman–Crippen LogP) is 17.0. The number of benzene rings is 8. The highest BCUT2D eigenvalue weighted by Gasteiger charge is 2.30. The van der Waals surface area contributed by atoms with Crippen LogP contribution in [0.25, 0.3) is 0 Å². The van der Waals surface area contributed by atoms with Crippen LogP contribution in [0, 0.1) is 11.8 Å². The Labute approximate surface area is 379 Å². The highest BCUT2D eigenvalue weighted by molar-refractivity contribution is 5.80. The molecule has 2 aliphatic rings. The van der Waals surface area contributed by atoms with Crippen LogP contribution in [0.2, 0.25) is 0 Å². The van der Waals surface area contributed by atoms with Crippen LogP contribution in [0.15, 0.2) is 254 Å². The van der Waals surface area contributed by atoms with Crippen molar-refractivity contribution in [3.05, 3.63) is 254 Å². The van der Waals surface area contributed by atoms with Crippen LogP contribution in [0.1, 0.15) is 38.5 Å². The second-order valence-corrected chi connectivity index (χ2v) is 16.8. The monoisotopic (exact) mass is 830 g/mol. The van der Waals surface area contributed by atoms with Crippen LogP contribution in [-0.2, 0) is 0 Å². The summed E-state index contributed by atoms with van der Waals surface area (Å²) in [6.45, 7) is 0. The van der Waals surface area contributed by atoms with E-state index in [1.165, 1.54) is 47.0 Å². The zero-order chi connectivity index (χ0) is 42.9. The summed E-state index contributed by atoms with van der Waals surface area (Å²) in [5, 5.41) is 0. The molecule has 0 heterocycles. The maximum Gasteiger partial charge on any atom is 0.0463 e. The van der Waals surface area contributed by atoms with Crippen molar-refractivity contribution in [3.8, 4) is 0 Å². The first-order chi connectivity index (χ1) is 31.8. The summed E-state index contributed by atoms with van der Waals surface area (Å²) in [7, 11) is 0. The second kappa shape index (κ2) is 19.2. The SMILES string of the molecule is C1=C(N(c2ccccc2)c2ccc(N(c3ccccc3)c3ccccc3)cc2)CCC(C2CC=C(N(c3ccccc3)c3ccc(N(c4ccccc4)c4ccccc4)cc3)CC2)C1. The van der Waals surface area contributed by atoms with Gasteiger partial charge in [0.15, 0.2) is 0 Å². The van der Waals surface area contributed by atoms with E-state index in [2.05, 4.69) is 262 Å². The van der Waals surface area contributed by atoms with E-state index >= 15 is 0 Å². The molecule has 64 heavy (non-hydrogen) atoms. The number of para-hydroxylation sites is 6. The molecule has 2 atom stereocenters. The topological polar surface area (TPSA) is 13.0 Å². The van der Waals surface area contributed by atoms with Gasteiger partial charge < -0.3 is 19.6 Å². The van der Waals surface area contributed by atoms with Crippen molar-refractivity contribution in [2.24, 2.45) is 11.8 Å². The molecule has 4 heteroatoms. The quantitative estimate of drug-likeness (QED) is 0.115. The van der Waals surface area contributed by atoms with E-state index in [1.54, 1.807) is 0 Å². The van der Waals surface area contributed by atoms with Crippen molar-refractivity contribution < 1.29 is 0 Å². The van der Waals surface area contributed by atoms with Crippen LogP contribution in [0.3, 0.4) is 0 Å². The lowest BCUT2D eigenvalue weighted by Gasteiger charge is -2.37. The van der Waals surface area contributed by atoms with Gasteiger partial charge in [0, 0.05) is 68.3 Å². The lowest BCUT2D eigenvalue weighted by Crippen LogP contribution is -2.26. The van der Waals surface area contributed by atoms with E-state index in [0.717, 1.165) is 59.8 Å². The average Bonchev–Trinajstić information content (AvgIpc) is 3.38. The molecule has 0 amide bonds. The Morgan fingerprint density at radius 3 is 0.656 bits per heavy atom. The van der Waals surface area contributed by atoms with E-state index in [9.17, 15) is 0 Å². The molecule has 314 valence electrons. The van der Waals surface area contributed by atoms with Gasteiger partial charge in [0.25, 0.3) is 0 Å². The van der Waals surface area contributed by atoms with Crippen molar-refractivity contribution in [3.63, 3.8) is 0 Å². The summed E-state index contributed by atoms with van der Waals surface area (Å²) >= 11 is 0. The lowest BCUT2D eigenvalue weighted by atomic mass is 9.75. The van der Waals surface area contributed by atoms with Gasteiger partial charge in [0.2, 0.25) is 0 Å². The van der Waals surface area contributed by atoms with Gasteiger partial charge in [-0.1, -0.05) is 121 Å². The second-order valence-electron chi connectivity index (χ2n) is 16.8. The fourth-order valence-corrected chi connectivity index (χ4v) is 9.76. The first-order valence-corrected chi connectivity index (χ1v) is 22.9. The molecular weight excluding hydrogens is 777 g/mol. The number of hydrogen-bond donors (Lipinski definition) is 0. The molecule has 0 saturated carbocycles. The third-order valence-corrected chi connectivity index (χ3v) is 12.9. The summed E-state index contributed by atoms with van der Waals surface area (Å²) in [5.74, 6) is 1.33. The minimum atomic E-state index is 0.665. The minimum Gasteiger partial charge on any atom is -0.315 e. The summed E-state index contributed by atoms with van der Waals surface area (Å²) in [6.07, 6.45) is 11.8. The lowest BCUT2D eigenvalue weighted by molar-refractivity contribution is 0.280. The molecule has 0 spiro atoms. The zero-order valence-electron chi connectivity index (χ0n) is 36.3. The highest BCUT2D eigenvalue weighted by atomic mass is 15.2. The Kier molecular flexibility index (Phi) is 12.2. The third kappa shape index (κ3) is 8.86. The Morgan fingerprint density at radius 2 is 0.438 bits per heavy atom. The summed E-state index contributed by atoms with van der Waals surface area (Å²) < 4.78 is 0. The molecule has 8 aromatic rings. The normalized spacial score (nSPS) is 15.9. The predicted molar refractivity (Wildman–Crippen MR) is 270 cm³/mol. The van der Waals surface area contributed by atoms with Gasteiger partial charge in [-0.3, -0.25) is 0 Å². The Morgan fingerprint density at radius 1 is 0.234 bits per heavy atom. The van der Waals surface area contributed by atoms with Crippen molar-refractivity contribution in [2.75, 3.05) is 19.6 Å². The summed E-state index contributed by atoms with van der Waals surface area (Å²) in [5.41, 5.74) is 14.4. The molecule has 2 unspecified atom stereocenters. The largest absolute Gasteiger partial charge is 0.315 e. The Hall–Kier alpha value is -7.56. The van der Waals surface area contributed by atoms with Gasteiger partial charge in [0.05, 0.1) is 0 Å². The number of nitrogens with zero attached hydrogens (tertiary/aromatic N) is 4. The van der Waals surface area contributed by atoms with Crippen molar-refractivity contribution in [2.45, 2.75) is 38.5 Å². The standard InChI is InChI=1S/C60H54N4/c1-7-19-49(20-8-1)61(50-21-9-2-10-22-50)57-39-43-59(44-40-57)63(53-27-15-5-16-28-53)55-35-31-47(32-36-55)48-33-37-56(38-34-48)64(54-29-17-6-18-30-54)60-45-41-58(42-46-60)62(51-23-11-3-12-24-51)52-25-13-4-14-26-52/h1-30,35,37,39-48H,31-34,36,38H2.